The van der Waals surface area contributed by atoms with Gasteiger partial charge in [-0.3, -0.25) is 14.4 Å². The Morgan fingerprint density at radius 1 is 1.28 bits per heavy atom. The van der Waals surface area contributed by atoms with Crippen LogP contribution in [-0.4, -0.2) is 46.6 Å². The molecule has 6 nitrogen and oxygen atoms in total. The van der Waals surface area contributed by atoms with Crippen molar-refractivity contribution in [3.63, 3.8) is 0 Å². The molecule has 2 fully saturated rings. The van der Waals surface area contributed by atoms with E-state index in [-0.39, 0.29) is 11.7 Å². The lowest BCUT2D eigenvalue weighted by Gasteiger charge is -2.18. The number of hydrogen-bond donors (Lipinski definition) is 1. The van der Waals surface area contributed by atoms with Crippen LogP contribution in [0.3, 0.4) is 0 Å². The van der Waals surface area contributed by atoms with E-state index in [1.54, 1.807) is 30.1 Å². The van der Waals surface area contributed by atoms with Gasteiger partial charge in [0.25, 0.3) is 0 Å². The molecule has 1 saturated heterocycles. The zero-order valence-electron chi connectivity index (χ0n) is 16.0. The van der Waals surface area contributed by atoms with E-state index in [2.05, 4.69) is 20.1 Å². The summed E-state index contributed by atoms with van der Waals surface area (Å²) in [6, 6.07) is 7.95. The Bertz CT molecular complexity index is 871. The molecular formula is C20H23F3N4O2. The number of anilines is 1. The van der Waals surface area contributed by atoms with Crippen LogP contribution in [0.4, 0.5) is 19.0 Å². The Morgan fingerprint density at radius 2 is 2.03 bits per heavy atom. The minimum absolute atomic E-state index is 0.0666. The predicted octanol–water partition coefficient (Wildman–Crippen LogP) is 3.07. The lowest BCUT2D eigenvalue weighted by molar-refractivity contribution is -0.274. The van der Waals surface area contributed by atoms with E-state index in [9.17, 15) is 18.0 Å². The molecule has 0 spiro atoms. The third-order valence-corrected chi connectivity index (χ3v) is 5.69. The van der Waals surface area contributed by atoms with E-state index >= 15 is 0 Å². The molecule has 0 radical (unpaired) electrons. The van der Waals surface area contributed by atoms with Crippen LogP contribution in [0.2, 0.25) is 0 Å². The normalized spacial score (nSPS) is 23.7. The van der Waals surface area contributed by atoms with Crippen molar-refractivity contribution in [2.24, 2.45) is 24.8 Å². The third-order valence-electron chi connectivity index (χ3n) is 5.69. The van der Waals surface area contributed by atoms with Crippen LogP contribution in [0.5, 0.6) is 5.75 Å². The molecule has 1 aliphatic carbocycles. The van der Waals surface area contributed by atoms with Crippen LogP contribution in [-0.2, 0) is 18.3 Å². The van der Waals surface area contributed by atoms with Crippen LogP contribution < -0.4 is 10.1 Å². The monoisotopic (exact) mass is 408 g/mol. The van der Waals surface area contributed by atoms with Crippen LogP contribution in [0.1, 0.15) is 12.0 Å². The van der Waals surface area contributed by atoms with Gasteiger partial charge in [-0.15, -0.1) is 13.2 Å². The smallest absolute Gasteiger partial charge is 0.406 e. The van der Waals surface area contributed by atoms with E-state index in [0.717, 1.165) is 31.5 Å². The van der Waals surface area contributed by atoms with Crippen LogP contribution in [0.15, 0.2) is 36.5 Å². The second-order valence-electron chi connectivity index (χ2n) is 7.84. The maximum Gasteiger partial charge on any atom is 0.573 e. The lowest BCUT2D eigenvalue weighted by atomic mass is 10.0. The average molecular weight is 408 g/mol. The van der Waals surface area contributed by atoms with Crippen molar-refractivity contribution in [2.75, 3.05) is 25.0 Å². The number of piperidine rings is 1. The van der Waals surface area contributed by atoms with E-state index in [0.29, 0.717) is 30.1 Å². The lowest BCUT2D eigenvalue weighted by Crippen LogP contribution is -2.33. The first-order valence-electron chi connectivity index (χ1n) is 9.63. The maximum atomic E-state index is 12.3. The molecule has 0 bridgehead atoms. The van der Waals surface area contributed by atoms with Crippen molar-refractivity contribution >= 4 is 11.7 Å². The molecule has 4 rings (SSSR count). The summed E-state index contributed by atoms with van der Waals surface area (Å²) in [5.74, 6) is 2.05. The highest BCUT2D eigenvalue weighted by atomic mass is 19.4. The van der Waals surface area contributed by atoms with Crippen LogP contribution in [0.25, 0.3) is 0 Å². The summed E-state index contributed by atoms with van der Waals surface area (Å²) in [4.78, 5) is 14.3. The first-order chi connectivity index (χ1) is 13.8. The number of alkyl halides is 3. The number of halogens is 3. The minimum Gasteiger partial charge on any atom is -0.406 e. The van der Waals surface area contributed by atoms with Gasteiger partial charge in [0.1, 0.15) is 5.75 Å². The van der Waals surface area contributed by atoms with Crippen LogP contribution in [0, 0.1) is 17.8 Å². The van der Waals surface area contributed by atoms with E-state index in [4.69, 9.17) is 0 Å². The molecule has 2 aromatic rings. The number of amides is 1. The number of ether oxygens (including phenoxy) is 1. The van der Waals surface area contributed by atoms with Gasteiger partial charge >= 0.3 is 6.36 Å². The Balaban J connectivity index is 1.19. The SMILES string of the molecule is Cn1ccc(NC(=O)CN2CC3C(CCc4cccc(OC(F)(F)F)c4)C3C2)n1. The molecule has 2 atom stereocenters. The van der Waals surface area contributed by atoms with E-state index in [1.807, 2.05) is 6.07 Å². The summed E-state index contributed by atoms with van der Waals surface area (Å²) in [5, 5.41) is 6.93. The van der Waals surface area contributed by atoms with Gasteiger partial charge in [-0.25, -0.2) is 0 Å². The third kappa shape index (κ3) is 5.09. The van der Waals surface area contributed by atoms with Gasteiger partial charge < -0.3 is 10.1 Å². The summed E-state index contributed by atoms with van der Waals surface area (Å²) >= 11 is 0. The Labute approximate surface area is 166 Å². The molecule has 1 aromatic heterocycles. The quantitative estimate of drug-likeness (QED) is 0.765. The van der Waals surface area contributed by atoms with E-state index in [1.165, 1.54) is 12.1 Å². The molecule has 2 heterocycles. The Morgan fingerprint density at radius 3 is 2.69 bits per heavy atom. The van der Waals surface area contributed by atoms with Crippen molar-refractivity contribution in [2.45, 2.75) is 19.2 Å². The average Bonchev–Trinajstić information content (AvgIpc) is 2.92. The number of rotatable bonds is 7. The second kappa shape index (κ2) is 7.70. The zero-order chi connectivity index (χ0) is 20.6. The number of carbonyl (C=O) groups excluding carboxylic acids is 1. The zero-order valence-corrected chi connectivity index (χ0v) is 16.0. The molecule has 1 amide bonds. The summed E-state index contributed by atoms with van der Waals surface area (Å²) in [6.45, 7) is 2.14. The van der Waals surface area contributed by atoms with Crippen molar-refractivity contribution in [3.8, 4) is 5.75 Å². The topological polar surface area (TPSA) is 59.4 Å². The fraction of sp³-hybridized carbons (Fsp3) is 0.500. The van der Waals surface area contributed by atoms with Crippen molar-refractivity contribution < 1.29 is 22.7 Å². The van der Waals surface area contributed by atoms with Crippen LogP contribution >= 0.6 is 0 Å². The van der Waals surface area contributed by atoms with Gasteiger partial charge in [0.05, 0.1) is 6.54 Å². The number of likely N-dealkylation sites (tertiary alicyclic amines) is 1. The fourth-order valence-corrected chi connectivity index (χ4v) is 4.39. The number of aromatic nitrogens is 2. The largest absolute Gasteiger partial charge is 0.573 e. The molecule has 29 heavy (non-hydrogen) atoms. The van der Waals surface area contributed by atoms with Gasteiger partial charge in [-0.1, -0.05) is 12.1 Å². The molecule has 9 heteroatoms. The number of fused-ring (bicyclic) bond motifs is 1. The molecule has 1 aromatic carbocycles. The molecule has 1 saturated carbocycles. The maximum absolute atomic E-state index is 12.3. The molecule has 1 N–H and O–H groups in total. The first-order valence-corrected chi connectivity index (χ1v) is 9.63. The highest BCUT2D eigenvalue weighted by molar-refractivity contribution is 5.91. The second-order valence-corrected chi connectivity index (χ2v) is 7.84. The van der Waals surface area contributed by atoms with Gasteiger partial charge in [0.15, 0.2) is 5.82 Å². The standard InChI is InChI=1S/C20H23F3N4O2/c1-26-8-7-18(25-26)24-19(28)12-27-10-16-15(17(16)11-27)6-5-13-3-2-4-14(9-13)29-20(21,22)23/h2-4,7-9,15-17H,5-6,10-12H2,1H3,(H,24,25,28). The Kier molecular flexibility index (Phi) is 5.24. The number of aryl methyl sites for hydroxylation is 2. The highest BCUT2D eigenvalue weighted by Crippen LogP contribution is 2.53. The molecule has 2 aliphatic rings. The number of nitrogens with one attached hydrogen (secondary N) is 1. The molecule has 1 aliphatic heterocycles. The number of hydrogen-bond acceptors (Lipinski definition) is 4. The van der Waals surface area contributed by atoms with Gasteiger partial charge in [0, 0.05) is 32.4 Å². The number of nitrogens with zero attached hydrogens (tertiary/aromatic N) is 3. The van der Waals surface area contributed by atoms with E-state index < -0.39 is 6.36 Å². The summed E-state index contributed by atoms with van der Waals surface area (Å²) in [7, 11) is 1.80. The first kappa shape index (κ1) is 19.8. The summed E-state index contributed by atoms with van der Waals surface area (Å²) in [6.07, 6.45) is -1.22. The van der Waals surface area contributed by atoms with Crippen molar-refractivity contribution in [1.29, 1.82) is 0 Å². The summed E-state index contributed by atoms with van der Waals surface area (Å²) in [5.41, 5.74) is 0.850. The minimum atomic E-state index is -4.67. The summed E-state index contributed by atoms with van der Waals surface area (Å²) < 4.78 is 42.6. The van der Waals surface area contributed by atoms with Gasteiger partial charge in [-0.05, 0) is 48.3 Å². The number of benzene rings is 1. The number of carbonyl (C=O) groups is 1. The van der Waals surface area contributed by atoms with Gasteiger partial charge in [-0.2, -0.15) is 5.10 Å². The molecular weight excluding hydrogens is 385 g/mol. The Hall–Kier alpha value is -2.55. The predicted molar refractivity (Wildman–Crippen MR) is 100 cm³/mol. The van der Waals surface area contributed by atoms with Gasteiger partial charge in [0.2, 0.25) is 5.91 Å². The fourth-order valence-electron chi connectivity index (χ4n) is 4.39. The van der Waals surface area contributed by atoms with Crippen molar-refractivity contribution in [1.82, 2.24) is 14.7 Å². The van der Waals surface area contributed by atoms with Crippen molar-refractivity contribution in [3.05, 3.63) is 42.1 Å². The highest BCUT2D eigenvalue weighted by Gasteiger charge is 2.54. The molecule has 2 unspecified atom stereocenters. The molecule has 156 valence electrons.